The number of benzene rings is 1. The van der Waals surface area contributed by atoms with Crippen LogP contribution in [0.3, 0.4) is 0 Å². The van der Waals surface area contributed by atoms with Gasteiger partial charge in [0.2, 0.25) is 0 Å². The Labute approximate surface area is 149 Å². The largest absolute Gasteiger partial charge is 0.573 e. The number of hydrogen-bond donors (Lipinski definition) is 3. The summed E-state index contributed by atoms with van der Waals surface area (Å²) in [6.07, 6.45) is -9.79. The average Bonchev–Trinajstić information content (AvgIpc) is 2.44. The van der Waals surface area contributed by atoms with Crippen molar-refractivity contribution in [2.24, 2.45) is 5.41 Å². The Morgan fingerprint density at radius 1 is 1.19 bits per heavy atom. The smallest absolute Gasteiger partial charge is 0.406 e. The molecule has 3 aliphatic carbocycles. The summed E-state index contributed by atoms with van der Waals surface area (Å²) in [5, 5.41) is 14.3. The van der Waals surface area contributed by atoms with E-state index >= 15 is 0 Å². The zero-order valence-corrected chi connectivity index (χ0v) is 13.7. The number of urea groups is 1. The van der Waals surface area contributed by atoms with Gasteiger partial charge < -0.3 is 20.5 Å². The maximum absolute atomic E-state index is 12.8. The number of amides is 2. The predicted octanol–water partition coefficient (Wildman–Crippen LogP) is 3.40. The fourth-order valence-corrected chi connectivity index (χ4v) is 3.82. The van der Waals surface area contributed by atoms with Crippen molar-refractivity contribution in [1.82, 2.24) is 10.6 Å². The number of aliphatic hydroxyl groups excluding tert-OH is 1. The molecular formula is C16H16F6N2O3. The van der Waals surface area contributed by atoms with Crippen molar-refractivity contribution in [3.05, 3.63) is 29.8 Å². The Morgan fingerprint density at radius 2 is 1.81 bits per heavy atom. The van der Waals surface area contributed by atoms with Gasteiger partial charge in [0.25, 0.3) is 0 Å². The monoisotopic (exact) mass is 398 g/mol. The SMILES string of the molecule is O=C(N[C@@H](CO)c1cccc(OC(F)(F)F)c1)NC12CC(C(F)(F)F)(C1)C2. The summed E-state index contributed by atoms with van der Waals surface area (Å²) in [6, 6.07) is 2.85. The van der Waals surface area contributed by atoms with Crippen molar-refractivity contribution in [3.63, 3.8) is 0 Å². The molecule has 4 rings (SSSR count). The van der Waals surface area contributed by atoms with Gasteiger partial charge in [0.1, 0.15) is 5.75 Å². The number of carbonyl (C=O) groups is 1. The van der Waals surface area contributed by atoms with Gasteiger partial charge in [-0.05, 0) is 37.0 Å². The molecule has 150 valence electrons. The van der Waals surface area contributed by atoms with Gasteiger partial charge in [-0.2, -0.15) is 13.2 Å². The number of hydrogen-bond acceptors (Lipinski definition) is 3. The van der Waals surface area contributed by atoms with Crippen LogP contribution < -0.4 is 15.4 Å². The topological polar surface area (TPSA) is 70.6 Å². The quantitative estimate of drug-likeness (QED) is 0.666. The highest BCUT2D eigenvalue weighted by Crippen LogP contribution is 2.73. The van der Waals surface area contributed by atoms with Crippen molar-refractivity contribution >= 4 is 6.03 Å². The van der Waals surface area contributed by atoms with E-state index in [1.807, 2.05) is 0 Å². The first-order valence-corrected chi connectivity index (χ1v) is 7.99. The van der Waals surface area contributed by atoms with Crippen LogP contribution in [-0.2, 0) is 0 Å². The zero-order valence-electron chi connectivity index (χ0n) is 13.7. The van der Waals surface area contributed by atoms with Crippen LogP contribution >= 0.6 is 0 Å². The molecule has 3 fully saturated rings. The fourth-order valence-electron chi connectivity index (χ4n) is 3.82. The van der Waals surface area contributed by atoms with Crippen molar-refractivity contribution in [3.8, 4) is 5.75 Å². The molecule has 3 N–H and O–H groups in total. The van der Waals surface area contributed by atoms with Gasteiger partial charge in [0.15, 0.2) is 0 Å². The number of ether oxygens (including phenoxy) is 1. The van der Waals surface area contributed by atoms with Gasteiger partial charge in [0.05, 0.1) is 18.1 Å². The molecule has 2 bridgehead atoms. The van der Waals surface area contributed by atoms with Gasteiger partial charge in [-0.1, -0.05) is 12.1 Å². The second-order valence-corrected chi connectivity index (χ2v) is 7.04. The molecule has 1 aromatic carbocycles. The third kappa shape index (κ3) is 3.78. The van der Waals surface area contributed by atoms with E-state index in [0.717, 1.165) is 12.1 Å². The lowest BCUT2D eigenvalue weighted by atomic mass is 9.39. The van der Waals surface area contributed by atoms with Crippen LogP contribution in [0.15, 0.2) is 24.3 Å². The Morgan fingerprint density at radius 3 is 2.33 bits per heavy atom. The van der Waals surface area contributed by atoms with Gasteiger partial charge >= 0.3 is 18.6 Å². The molecule has 0 aromatic heterocycles. The van der Waals surface area contributed by atoms with Crippen LogP contribution in [-0.4, -0.2) is 35.8 Å². The zero-order chi connectivity index (χ0) is 20.1. The third-order valence-electron chi connectivity index (χ3n) is 4.99. The van der Waals surface area contributed by atoms with E-state index in [-0.39, 0.29) is 24.8 Å². The number of aliphatic hydroxyl groups is 1. The second kappa shape index (κ2) is 6.18. The summed E-state index contributed by atoms with van der Waals surface area (Å²) in [4.78, 5) is 12.1. The highest BCUT2D eigenvalue weighted by molar-refractivity contribution is 5.76. The Kier molecular flexibility index (Phi) is 4.48. The number of halogens is 6. The maximum Gasteiger partial charge on any atom is 0.573 e. The summed E-state index contributed by atoms with van der Waals surface area (Å²) in [6.45, 7) is -0.623. The molecule has 1 atom stereocenters. The molecule has 0 heterocycles. The first-order chi connectivity index (χ1) is 12.4. The molecule has 3 saturated carbocycles. The van der Waals surface area contributed by atoms with Crippen molar-refractivity contribution in [2.75, 3.05) is 6.61 Å². The maximum atomic E-state index is 12.8. The highest BCUT2D eigenvalue weighted by Gasteiger charge is 2.79. The Bertz CT molecular complexity index is 714. The minimum Gasteiger partial charge on any atom is -0.406 e. The third-order valence-corrected chi connectivity index (χ3v) is 4.99. The lowest BCUT2D eigenvalue weighted by Gasteiger charge is -2.70. The molecule has 5 nitrogen and oxygen atoms in total. The van der Waals surface area contributed by atoms with Gasteiger partial charge in [-0.25, -0.2) is 4.79 Å². The van der Waals surface area contributed by atoms with E-state index in [1.54, 1.807) is 0 Å². The highest BCUT2D eigenvalue weighted by atomic mass is 19.4. The van der Waals surface area contributed by atoms with E-state index in [2.05, 4.69) is 15.4 Å². The number of alkyl halides is 6. The molecule has 27 heavy (non-hydrogen) atoms. The van der Waals surface area contributed by atoms with Crippen molar-refractivity contribution < 1.29 is 41.0 Å². The molecule has 0 aliphatic heterocycles. The molecule has 2 amide bonds. The molecule has 3 aliphatic rings. The minimum absolute atomic E-state index is 0.152. The standard InChI is InChI=1S/C16H16F6N2O3/c17-15(18,19)13-6-14(7-13,8-13)24-12(26)23-11(5-25)9-2-1-3-10(4-9)27-16(20,21)22/h1-4,11,25H,5-8H2,(H2,23,24,26)/t11-,13?,14?/m0/s1. The molecule has 0 saturated heterocycles. The number of nitrogens with one attached hydrogen (secondary N) is 2. The first kappa shape index (κ1) is 19.6. The molecular weight excluding hydrogens is 382 g/mol. The summed E-state index contributed by atoms with van der Waals surface area (Å²) < 4.78 is 79.1. The molecule has 1 aromatic rings. The van der Waals surface area contributed by atoms with Gasteiger partial charge in [-0.3, -0.25) is 0 Å². The van der Waals surface area contributed by atoms with Crippen LogP contribution in [0.25, 0.3) is 0 Å². The number of rotatable bonds is 5. The first-order valence-electron chi connectivity index (χ1n) is 7.99. The van der Waals surface area contributed by atoms with E-state index in [9.17, 15) is 36.2 Å². The predicted molar refractivity (Wildman–Crippen MR) is 79.7 cm³/mol. The van der Waals surface area contributed by atoms with Crippen LogP contribution in [0.4, 0.5) is 31.1 Å². The normalized spacial score (nSPS) is 27.8. The summed E-state index contributed by atoms with van der Waals surface area (Å²) in [7, 11) is 0. The second-order valence-electron chi connectivity index (χ2n) is 7.04. The van der Waals surface area contributed by atoms with Gasteiger partial charge in [0, 0.05) is 5.54 Å². The summed E-state index contributed by atoms with van der Waals surface area (Å²) in [5.74, 6) is -0.521. The Balaban J connectivity index is 1.58. The Hall–Kier alpha value is -2.17. The molecule has 0 unspecified atom stereocenters. The lowest BCUT2D eigenvalue weighted by Crippen LogP contribution is -2.79. The average molecular weight is 398 g/mol. The van der Waals surface area contributed by atoms with Crippen LogP contribution in [0.1, 0.15) is 30.9 Å². The van der Waals surface area contributed by atoms with Crippen LogP contribution in [0.5, 0.6) is 5.75 Å². The number of carbonyl (C=O) groups excluding carboxylic acids is 1. The fraction of sp³-hybridized carbons (Fsp3) is 0.562. The van der Waals surface area contributed by atoms with E-state index in [1.165, 1.54) is 12.1 Å². The van der Waals surface area contributed by atoms with Gasteiger partial charge in [-0.15, -0.1) is 13.2 Å². The van der Waals surface area contributed by atoms with Crippen molar-refractivity contribution in [1.29, 1.82) is 0 Å². The molecule has 11 heteroatoms. The lowest BCUT2D eigenvalue weighted by molar-refractivity contribution is -0.336. The summed E-state index contributed by atoms with van der Waals surface area (Å²) in [5.41, 5.74) is -2.49. The molecule has 0 spiro atoms. The van der Waals surface area contributed by atoms with Crippen LogP contribution in [0.2, 0.25) is 0 Å². The van der Waals surface area contributed by atoms with Crippen LogP contribution in [0, 0.1) is 5.41 Å². The van der Waals surface area contributed by atoms with E-state index < -0.39 is 47.9 Å². The minimum atomic E-state index is -4.89. The van der Waals surface area contributed by atoms with Crippen molar-refractivity contribution in [2.45, 2.75) is 43.4 Å². The van der Waals surface area contributed by atoms with E-state index in [0.29, 0.717) is 0 Å². The summed E-state index contributed by atoms with van der Waals surface area (Å²) >= 11 is 0. The van der Waals surface area contributed by atoms with E-state index in [4.69, 9.17) is 0 Å². The molecule has 0 radical (unpaired) electrons.